The normalized spacial score (nSPS) is 10.9. The smallest absolute Gasteiger partial charge is 0.267 e. The minimum absolute atomic E-state index is 0.133. The fraction of sp³-hybridized carbons (Fsp3) is 0. The van der Waals surface area contributed by atoms with Gasteiger partial charge in [-0.15, -0.1) is 0 Å². The maximum Gasteiger partial charge on any atom is 0.271 e. The first-order valence-corrected chi connectivity index (χ1v) is 7.55. The van der Waals surface area contributed by atoms with E-state index in [4.69, 9.17) is 11.6 Å². The molecular formula is C17H11ClN4O3. The first-order valence-electron chi connectivity index (χ1n) is 7.18. The predicted octanol–water partition coefficient (Wildman–Crippen LogP) is 3.56. The molecule has 0 atom stereocenters. The number of para-hydroxylation sites is 1. The molecule has 0 unspecified atom stereocenters. The molecule has 3 rings (SSSR count). The third kappa shape index (κ3) is 3.78. The van der Waals surface area contributed by atoms with Crippen LogP contribution in [0.3, 0.4) is 0 Å². The highest BCUT2D eigenvalue weighted by molar-refractivity contribution is 6.32. The number of nitrogens with zero attached hydrogens (tertiary/aromatic N) is 3. The average molecular weight is 355 g/mol. The highest BCUT2D eigenvalue weighted by Gasteiger charge is 2.10. The molecule has 1 amide bonds. The van der Waals surface area contributed by atoms with Gasteiger partial charge in [0.15, 0.2) is 0 Å². The van der Waals surface area contributed by atoms with Crippen LogP contribution in [0.15, 0.2) is 59.7 Å². The monoisotopic (exact) mass is 354 g/mol. The van der Waals surface area contributed by atoms with Gasteiger partial charge in [-0.1, -0.05) is 35.9 Å². The molecule has 0 aliphatic carbocycles. The van der Waals surface area contributed by atoms with Gasteiger partial charge in [0.2, 0.25) is 0 Å². The summed E-state index contributed by atoms with van der Waals surface area (Å²) in [4.78, 5) is 26.4. The van der Waals surface area contributed by atoms with Gasteiger partial charge in [0, 0.05) is 28.6 Å². The molecule has 3 aromatic rings. The zero-order valence-electron chi connectivity index (χ0n) is 12.7. The van der Waals surface area contributed by atoms with Gasteiger partial charge in [0.25, 0.3) is 11.6 Å². The molecule has 0 radical (unpaired) electrons. The van der Waals surface area contributed by atoms with E-state index in [0.29, 0.717) is 5.56 Å². The maximum atomic E-state index is 12.0. The molecular weight excluding hydrogens is 344 g/mol. The van der Waals surface area contributed by atoms with Crippen LogP contribution in [-0.2, 0) is 0 Å². The van der Waals surface area contributed by atoms with Crippen molar-refractivity contribution in [2.75, 3.05) is 0 Å². The minimum atomic E-state index is -0.569. The number of halogens is 1. The van der Waals surface area contributed by atoms with Crippen molar-refractivity contribution in [1.29, 1.82) is 0 Å². The largest absolute Gasteiger partial charge is 0.271 e. The summed E-state index contributed by atoms with van der Waals surface area (Å²) in [6.45, 7) is 0. The van der Waals surface area contributed by atoms with Gasteiger partial charge in [0.05, 0.1) is 16.7 Å². The first kappa shape index (κ1) is 16.5. The van der Waals surface area contributed by atoms with E-state index in [1.54, 1.807) is 6.07 Å². The van der Waals surface area contributed by atoms with Crippen LogP contribution in [-0.4, -0.2) is 22.0 Å². The molecule has 2 aromatic carbocycles. The number of fused-ring (bicyclic) bond motifs is 1. The Morgan fingerprint density at radius 3 is 2.80 bits per heavy atom. The molecule has 25 heavy (non-hydrogen) atoms. The van der Waals surface area contributed by atoms with Crippen LogP contribution in [0.5, 0.6) is 0 Å². The summed E-state index contributed by atoms with van der Waals surface area (Å²) in [6.07, 6.45) is 1.37. The lowest BCUT2D eigenvalue weighted by atomic mass is 10.2. The van der Waals surface area contributed by atoms with Crippen LogP contribution in [0, 0.1) is 10.1 Å². The highest BCUT2D eigenvalue weighted by Crippen LogP contribution is 2.19. The van der Waals surface area contributed by atoms with Gasteiger partial charge >= 0.3 is 0 Å². The number of carbonyl (C=O) groups excluding carboxylic acids is 1. The topological polar surface area (TPSA) is 97.5 Å². The Morgan fingerprint density at radius 1 is 1.20 bits per heavy atom. The number of nitrogens with one attached hydrogen (secondary N) is 1. The van der Waals surface area contributed by atoms with Crippen molar-refractivity contribution in [3.63, 3.8) is 0 Å². The third-order valence-corrected chi connectivity index (χ3v) is 3.70. The van der Waals surface area contributed by atoms with Crippen LogP contribution in [0.4, 0.5) is 5.69 Å². The van der Waals surface area contributed by atoms with Gasteiger partial charge in [-0.05, 0) is 18.2 Å². The fourth-order valence-electron chi connectivity index (χ4n) is 2.19. The Kier molecular flexibility index (Phi) is 4.67. The molecule has 7 nitrogen and oxygen atoms in total. The standard InChI is InChI=1S/C17H11ClN4O3/c18-16-13(8-11-4-1-2-7-15(11)20-16)10-19-21-17(23)12-5-3-6-14(9-12)22(24)25/h1-10H,(H,21,23)/b19-10+. The zero-order valence-corrected chi connectivity index (χ0v) is 13.5. The van der Waals surface area contributed by atoms with Crippen molar-refractivity contribution in [1.82, 2.24) is 10.4 Å². The van der Waals surface area contributed by atoms with Crippen molar-refractivity contribution < 1.29 is 9.72 Å². The second-order valence-corrected chi connectivity index (χ2v) is 5.43. The number of aromatic nitrogens is 1. The van der Waals surface area contributed by atoms with Crippen molar-refractivity contribution in [2.45, 2.75) is 0 Å². The lowest BCUT2D eigenvalue weighted by Gasteiger charge is -2.02. The molecule has 0 fully saturated rings. The first-order chi connectivity index (χ1) is 12.0. The molecule has 0 bridgehead atoms. The zero-order chi connectivity index (χ0) is 17.8. The Labute approximate surface area is 147 Å². The van der Waals surface area contributed by atoms with Crippen molar-refractivity contribution in [3.05, 3.63) is 81.0 Å². The van der Waals surface area contributed by atoms with Gasteiger partial charge < -0.3 is 0 Å². The molecule has 8 heteroatoms. The van der Waals surface area contributed by atoms with E-state index < -0.39 is 10.8 Å². The van der Waals surface area contributed by atoms with Gasteiger partial charge in [-0.3, -0.25) is 14.9 Å². The summed E-state index contributed by atoms with van der Waals surface area (Å²) in [7, 11) is 0. The number of nitro groups is 1. The number of rotatable bonds is 4. The van der Waals surface area contributed by atoms with Crippen LogP contribution in [0.1, 0.15) is 15.9 Å². The molecule has 0 aliphatic rings. The molecule has 0 saturated heterocycles. The predicted molar refractivity (Wildman–Crippen MR) is 94.9 cm³/mol. The number of pyridine rings is 1. The van der Waals surface area contributed by atoms with Crippen LogP contribution < -0.4 is 5.43 Å². The minimum Gasteiger partial charge on any atom is -0.267 e. The van der Waals surface area contributed by atoms with Crippen LogP contribution >= 0.6 is 11.6 Å². The average Bonchev–Trinajstić information content (AvgIpc) is 2.62. The van der Waals surface area contributed by atoms with Crippen molar-refractivity contribution >= 4 is 40.3 Å². The molecule has 0 saturated carbocycles. The Balaban J connectivity index is 1.77. The summed E-state index contributed by atoms with van der Waals surface area (Å²) in [5.41, 5.74) is 3.57. The van der Waals surface area contributed by atoms with E-state index in [2.05, 4.69) is 15.5 Å². The number of hydrogen-bond acceptors (Lipinski definition) is 5. The van der Waals surface area contributed by atoms with E-state index in [0.717, 1.165) is 10.9 Å². The van der Waals surface area contributed by atoms with Gasteiger partial charge in [-0.2, -0.15) is 5.10 Å². The SMILES string of the molecule is O=C(N/N=C/c1cc2ccccc2nc1Cl)c1cccc([N+](=O)[O-])c1. The highest BCUT2D eigenvalue weighted by atomic mass is 35.5. The summed E-state index contributed by atoms with van der Waals surface area (Å²) in [6, 6.07) is 14.6. The van der Waals surface area contributed by atoms with Gasteiger partial charge in [0.1, 0.15) is 5.15 Å². The summed E-state index contributed by atoms with van der Waals surface area (Å²) in [5.74, 6) is -0.565. The quantitative estimate of drug-likeness (QED) is 0.335. The number of benzene rings is 2. The number of non-ortho nitro benzene ring substituents is 1. The van der Waals surface area contributed by atoms with Crippen LogP contribution in [0.25, 0.3) is 10.9 Å². The Bertz CT molecular complexity index is 1000. The fourth-order valence-corrected chi connectivity index (χ4v) is 2.38. The number of carbonyl (C=O) groups is 1. The van der Waals surface area contributed by atoms with E-state index >= 15 is 0 Å². The lowest BCUT2D eigenvalue weighted by molar-refractivity contribution is -0.384. The van der Waals surface area contributed by atoms with E-state index in [1.807, 2.05) is 24.3 Å². The number of nitro benzene ring substituents is 1. The molecule has 124 valence electrons. The molecule has 0 aliphatic heterocycles. The molecule has 1 aromatic heterocycles. The van der Waals surface area contributed by atoms with E-state index in [-0.39, 0.29) is 16.4 Å². The van der Waals surface area contributed by atoms with Crippen LogP contribution in [0.2, 0.25) is 5.15 Å². The second-order valence-electron chi connectivity index (χ2n) is 5.07. The molecule has 0 spiro atoms. The Morgan fingerprint density at radius 2 is 2.00 bits per heavy atom. The van der Waals surface area contributed by atoms with E-state index in [9.17, 15) is 14.9 Å². The summed E-state index contributed by atoms with van der Waals surface area (Å²) < 4.78 is 0. The third-order valence-electron chi connectivity index (χ3n) is 3.39. The summed E-state index contributed by atoms with van der Waals surface area (Å²) >= 11 is 6.10. The lowest BCUT2D eigenvalue weighted by Crippen LogP contribution is -2.17. The Hall–Kier alpha value is -3.32. The summed E-state index contributed by atoms with van der Waals surface area (Å²) in [5, 5.41) is 15.7. The molecule has 1 heterocycles. The maximum absolute atomic E-state index is 12.0. The van der Waals surface area contributed by atoms with Crippen molar-refractivity contribution in [2.24, 2.45) is 5.10 Å². The number of hydrogen-bond donors (Lipinski definition) is 1. The second kappa shape index (κ2) is 7.06. The van der Waals surface area contributed by atoms with Gasteiger partial charge in [-0.25, -0.2) is 10.4 Å². The van der Waals surface area contributed by atoms with Crippen molar-refractivity contribution in [3.8, 4) is 0 Å². The number of amides is 1. The van der Waals surface area contributed by atoms with E-state index in [1.165, 1.54) is 30.5 Å². The molecule has 1 N–H and O–H groups in total. The number of hydrazone groups is 1.